The van der Waals surface area contributed by atoms with Gasteiger partial charge in [0.15, 0.2) is 0 Å². The summed E-state index contributed by atoms with van der Waals surface area (Å²) < 4.78 is 11.0. The Labute approximate surface area is 95.3 Å². The summed E-state index contributed by atoms with van der Waals surface area (Å²) in [6.45, 7) is 2.19. The van der Waals surface area contributed by atoms with Gasteiger partial charge in [-0.05, 0) is 35.0 Å². The number of benzene rings is 1. The Bertz CT molecular complexity index is 456. The van der Waals surface area contributed by atoms with Gasteiger partial charge in [0.25, 0.3) is 0 Å². The lowest BCUT2D eigenvalue weighted by atomic mass is 10.3. The first-order chi connectivity index (χ1) is 7.27. The maximum Gasteiger partial charge on any atom is 0.145 e. The van der Waals surface area contributed by atoms with Gasteiger partial charge < -0.3 is 4.74 Å². The van der Waals surface area contributed by atoms with Crippen molar-refractivity contribution in [3.05, 3.63) is 40.1 Å². The fourth-order valence-corrected chi connectivity index (χ4v) is 1.49. The molecule has 0 saturated carbocycles. The fourth-order valence-electron chi connectivity index (χ4n) is 1.09. The minimum atomic E-state index is 0.359. The van der Waals surface area contributed by atoms with Crippen LogP contribution in [-0.4, -0.2) is 10.3 Å². The van der Waals surface area contributed by atoms with Gasteiger partial charge in [0, 0.05) is 0 Å². The quantitative estimate of drug-likeness (QED) is 0.859. The van der Waals surface area contributed by atoms with Crippen molar-refractivity contribution in [3.63, 3.8) is 0 Å². The molecule has 0 radical (unpaired) electrons. The molecule has 0 bridgehead atoms. The Kier molecular flexibility index (Phi) is 3.01. The van der Waals surface area contributed by atoms with Gasteiger partial charge in [0.05, 0.1) is 4.47 Å². The molecule has 0 fully saturated rings. The van der Waals surface area contributed by atoms with E-state index in [4.69, 9.17) is 4.74 Å². The monoisotopic (exact) mass is 268 g/mol. The number of hydrogen-bond acceptors (Lipinski definition) is 4. The Balaban J connectivity index is 2.06. The number of hydrogen-bond donors (Lipinski definition) is 0. The largest absolute Gasteiger partial charge is 0.486 e. The molecule has 0 saturated heterocycles. The van der Waals surface area contributed by atoms with Crippen LogP contribution in [0.3, 0.4) is 0 Å². The van der Waals surface area contributed by atoms with Crippen molar-refractivity contribution < 1.29 is 9.37 Å². The van der Waals surface area contributed by atoms with Crippen LogP contribution in [0.4, 0.5) is 0 Å². The summed E-state index contributed by atoms with van der Waals surface area (Å²) in [5.41, 5.74) is 1.47. The van der Waals surface area contributed by atoms with Gasteiger partial charge in [0.1, 0.15) is 23.7 Å². The molecule has 2 rings (SSSR count). The van der Waals surface area contributed by atoms with E-state index >= 15 is 0 Å². The van der Waals surface area contributed by atoms with Gasteiger partial charge in [0.2, 0.25) is 0 Å². The van der Waals surface area contributed by atoms with E-state index in [0.29, 0.717) is 12.3 Å². The zero-order chi connectivity index (χ0) is 10.7. The van der Waals surface area contributed by atoms with E-state index < -0.39 is 0 Å². The minimum absolute atomic E-state index is 0.359. The maximum atomic E-state index is 5.55. The van der Waals surface area contributed by atoms with Crippen LogP contribution in [0.25, 0.3) is 0 Å². The smallest absolute Gasteiger partial charge is 0.145 e. The lowest BCUT2D eigenvalue weighted by molar-refractivity contribution is 0.269. The van der Waals surface area contributed by atoms with Gasteiger partial charge >= 0.3 is 0 Å². The predicted molar refractivity (Wildman–Crippen MR) is 57.5 cm³/mol. The van der Waals surface area contributed by atoms with Crippen molar-refractivity contribution in [3.8, 4) is 5.75 Å². The highest BCUT2D eigenvalue weighted by Crippen LogP contribution is 2.24. The van der Waals surface area contributed by atoms with E-state index in [-0.39, 0.29) is 0 Å². The predicted octanol–water partition coefficient (Wildman–Crippen LogP) is 2.72. The summed E-state index contributed by atoms with van der Waals surface area (Å²) >= 11 is 3.39. The second kappa shape index (κ2) is 4.44. The summed E-state index contributed by atoms with van der Waals surface area (Å²) in [4.78, 5) is 0. The molecule has 0 aliphatic rings. The lowest BCUT2D eigenvalue weighted by Crippen LogP contribution is -1.98. The van der Waals surface area contributed by atoms with Crippen molar-refractivity contribution in [1.82, 2.24) is 10.3 Å². The van der Waals surface area contributed by atoms with Crippen LogP contribution in [0.5, 0.6) is 5.75 Å². The summed E-state index contributed by atoms with van der Waals surface area (Å²) in [6.07, 6.45) is 0. The Morgan fingerprint density at radius 1 is 1.33 bits per heavy atom. The Morgan fingerprint density at radius 3 is 2.80 bits per heavy atom. The molecule has 0 aliphatic carbocycles. The third kappa shape index (κ3) is 2.36. The van der Waals surface area contributed by atoms with Gasteiger partial charge in [-0.15, -0.1) is 0 Å². The van der Waals surface area contributed by atoms with Crippen LogP contribution in [0.1, 0.15) is 11.4 Å². The number of para-hydroxylation sites is 1. The van der Waals surface area contributed by atoms with Crippen LogP contribution in [0.2, 0.25) is 0 Å². The first-order valence-electron chi connectivity index (χ1n) is 4.43. The summed E-state index contributed by atoms with van der Waals surface area (Å²) in [5.74, 6) is 0.778. The second-order valence-electron chi connectivity index (χ2n) is 3.02. The Morgan fingerprint density at radius 2 is 2.13 bits per heavy atom. The van der Waals surface area contributed by atoms with Gasteiger partial charge in [-0.25, -0.2) is 4.63 Å². The molecule has 1 aromatic heterocycles. The molecular formula is C10H9BrN2O2. The van der Waals surface area contributed by atoms with Gasteiger partial charge in [-0.2, -0.15) is 0 Å². The molecule has 0 amide bonds. The van der Waals surface area contributed by atoms with Crippen molar-refractivity contribution in [2.75, 3.05) is 0 Å². The molecule has 0 spiro atoms. The first-order valence-corrected chi connectivity index (χ1v) is 5.22. The molecule has 4 nitrogen and oxygen atoms in total. The summed E-state index contributed by atoms with van der Waals surface area (Å²) in [7, 11) is 0. The average molecular weight is 269 g/mol. The molecule has 0 aliphatic heterocycles. The van der Waals surface area contributed by atoms with Crippen LogP contribution in [0.15, 0.2) is 33.4 Å². The normalized spacial score (nSPS) is 10.3. The Hall–Kier alpha value is -1.36. The van der Waals surface area contributed by atoms with Gasteiger partial charge in [-0.1, -0.05) is 22.4 Å². The third-order valence-corrected chi connectivity index (χ3v) is 2.60. The van der Waals surface area contributed by atoms with Crippen molar-refractivity contribution in [2.45, 2.75) is 13.5 Å². The number of halogens is 1. The zero-order valence-electron chi connectivity index (χ0n) is 8.11. The molecule has 0 atom stereocenters. The van der Waals surface area contributed by atoms with E-state index in [1.54, 1.807) is 0 Å². The van der Waals surface area contributed by atoms with E-state index in [0.717, 1.165) is 15.9 Å². The molecule has 15 heavy (non-hydrogen) atoms. The SMILES string of the molecule is Cc1nonc1COc1ccccc1Br. The molecular weight excluding hydrogens is 260 g/mol. The van der Waals surface area contributed by atoms with E-state index in [2.05, 4.69) is 30.9 Å². The van der Waals surface area contributed by atoms with Gasteiger partial charge in [-0.3, -0.25) is 0 Å². The van der Waals surface area contributed by atoms with Crippen molar-refractivity contribution in [1.29, 1.82) is 0 Å². The lowest BCUT2D eigenvalue weighted by Gasteiger charge is -2.05. The zero-order valence-corrected chi connectivity index (χ0v) is 9.69. The maximum absolute atomic E-state index is 5.55. The number of nitrogens with zero attached hydrogens (tertiary/aromatic N) is 2. The van der Waals surface area contributed by atoms with Crippen molar-refractivity contribution >= 4 is 15.9 Å². The molecule has 1 heterocycles. The standard InChI is InChI=1S/C10H9BrN2O2/c1-7-9(13-15-12-7)6-14-10-5-3-2-4-8(10)11/h2-5H,6H2,1H3. The minimum Gasteiger partial charge on any atom is -0.486 e. The molecule has 5 heteroatoms. The topological polar surface area (TPSA) is 48.2 Å². The number of ether oxygens (including phenoxy) is 1. The highest BCUT2D eigenvalue weighted by atomic mass is 79.9. The molecule has 2 aromatic rings. The third-order valence-electron chi connectivity index (χ3n) is 1.95. The van der Waals surface area contributed by atoms with E-state index in [1.165, 1.54) is 0 Å². The number of aryl methyl sites for hydroxylation is 1. The summed E-state index contributed by atoms with van der Waals surface area (Å²) in [5, 5.41) is 7.41. The molecule has 0 N–H and O–H groups in total. The van der Waals surface area contributed by atoms with Crippen LogP contribution in [-0.2, 0) is 6.61 Å². The number of rotatable bonds is 3. The molecule has 0 unspecified atom stereocenters. The number of aromatic nitrogens is 2. The van der Waals surface area contributed by atoms with Crippen LogP contribution >= 0.6 is 15.9 Å². The molecule has 78 valence electrons. The van der Waals surface area contributed by atoms with Crippen LogP contribution < -0.4 is 4.74 Å². The fraction of sp³-hybridized carbons (Fsp3) is 0.200. The van der Waals surface area contributed by atoms with Crippen LogP contribution in [0, 0.1) is 6.92 Å². The highest BCUT2D eigenvalue weighted by molar-refractivity contribution is 9.10. The highest BCUT2D eigenvalue weighted by Gasteiger charge is 2.06. The van der Waals surface area contributed by atoms with E-state index in [1.807, 2.05) is 31.2 Å². The summed E-state index contributed by atoms with van der Waals surface area (Å²) in [6, 6.07) is 7.64. The average Bonchev–Trinajstić information content (AvgIpc) is 2.63. The first kappa shape index (κ1) is 10.2. The van der Waals surface area contributed by atoms with E-state index in [9.17, 15) is 0 Å². The van der Waals surface area contributed by atoms with Crippen molar-refractivity contribution in [2.24, 2.45) is 0 Å². The second-order valence-corrected chi connectivity index (χ2v) is 3.87. The molecule has 1 aromatic carbocycles.